The second kappa shape index (κ2) is 4.29. The Kier molecular flexibility index (Phi) is 3.29. The molecule has 82 valence electrons. The number of carboxylic acids is 1. The minimum Gasteiger partial charge on any atom is -0.507 e. The molecule has 15 heavy (non-hydrogen) atoms. The van der Waals surface area contributed by atoms with E-state index in [0.29, 0.717) is 0 Å². The number of carbonyl (C=O) groups is 1. The third kappa shape index (κ3) is 2.26. The highest BCUT2D eigenvalue weighted by molar-refractivity contribution is 5.76. The van der Waals surface area contributed by atoms with Gasteiger partial charge in [-0.25, -0.2) is 4.39 Å². The van der Waals surface area contributed by atoms with Crippen LogP contribution in [-0.2, 0) is 4.79 Å². The van der Waals surface area contributed by atoms with Crippen molar-refractivity contribution in [2.45, 2.75) is 25.9 Å². The maximum atomic E-state index is 13.0. The molecule has 3 nitrogen and oxygen atoms in total. The summed E-state index contributed by atoms with van der Waals surface area (Å²) in [4.78, 5) is 10.7. The van der Waals surface area contributed by atoms with Crippen molar-refractivity contribution < 1.29 is 19.4 Å². The summed E-state index contributed by atoms with van der Waals surface area (Å²) in [7, 11) is 0. The summed E-state index contributed by atoms with van der Waals surface area (Å²) < 4.78 is 13.0. The highest BCUT2D eigenvalue weighted by atomic mass is 19.1. The summed E-state index contributed by atoms with van der Waals surface area (Å²) in [6.45, 7) is 2.74. The highest BCUT2D eigenvalue weighted by Gasteiger charge is 2.20. The standard InChI is InChI=1S/C11H13FO3/c1-6(11(14)15)8-4-3-5-9(7(2)12)10(8)13/h3-7,13H,1-2H3,(H,14,15). The molecule has 0 spiro atoms. The molecular weight excluding hydrogens is 199 g/mol. The van der Waals surface area contributed by atoms with Crippen LogP contribution in [0.15, 0.2) is 18.2 Å². The van der Waals surface area contributed by atoms with Crippen molar-refractivity contribution in [3.05, 3.63) is 29.3 Å². The van der Waals surface area contributed by atoms with Crippen molar-refractivity contribution >= 4 is 5.97 Å². The minimum absolute atomic E-state index is 0.126. The van der Waals surface area contributed by atoms with Crippen LogP contribution in [0.25, 0.3) is 0 Å². The number of benzene rings is 1. The Bertz CT molecular complexity index is 374. The number of aliphatic carboxylic acids is 1. The van der Waals surface area contributed by atoms with Crippen molar-refractivity contribution in [2.75, 3.05) is 0 Å². The maximum absolute atomic E-state index is 13.0. The Morgan fingerprint density at radius 1 is 1.33 bits per heavy atom. The van der Waals surface area contributed by atoms with Crippen LogP contribution < -0.4 is 0 Å². The largest absolute Gasteiger partial charge is 0.507 e. The molecule has 0 aliphatic carbocycles. The third-order valence-corrected chi connectivity index (χ3v) is 2.36. The Morgan fingerprint density at radius 2 is 1.87 bits per heavy atom. The van der Waals surface area contributed by atoms with Crippen molar-refractivity contribution in [2.24, 2.45) is 0 Å². The van der Waals surface area contributed by atoms with Gasteiger partial charge in [0.25, 0.3) is 0 Å². The number of halogens is 1. The van der Waals surface area contributed by atoms with Crippen LogP contribution in [0.5, 0.6) is 5.75 Å². The normalized spacial score (nSPS) is 14.6. The first-order valence-corrected chi connectivity index (χ1v) is 4.63. The first kappa shape index (κ1) is 11.5. The van der Waals surface area contributed by atoms with Gasteiger partial charge in [0, 0.05) is 11.1 Å². The number of para-hydroxylation sites is 1. The monoisotopic (exact) mass is 212 g/mol. The number of hydrogen-bond acceptors (Lipinski definition) is 2. The maximum Gasteiger partial charge on any atom is 0.310 e. The predicted molar refractivity (Wildman–Crippen MR) is 53.7 cm³/mol. The third-order valence-electron chi connectivity index (χ3n) is 2.36. The van der Waals surface area contributed by atoms with Crippen LogP contribution >= 0.6 is 0 Å². The number of alkyl halides is 1. The van der Waals surface area contributed by atoms with Gasteiger partial charge in [0.1, 0.15) is 11.9 Å². The van der Waals surface area contributed by atoms with E-state index in [-0.39, 0.29) is 16.9 Å². The molecule has 1 aromatic rings. The molecule has 1 rings (SSSR count). The van der Waals surface area contributed by atoms with Gasteiger partial charge in [0.2, 0.25) is 0 Å². The van der Waals surface area contributed by atoms with Crippen LogP contribution in [-0.4, -0.2) is 16.2 Å². The zero-order valence-electron chi connectivity index (χ0n) is 8.57. The van der Waals surface area contributed by atoms with Crippen LogP contribution in [0.3, 0.4) is 0 Å². The van der Waals surface area contributed by atoms with Crippen LogP contribution in [0.2, 0.25) is 0 Å². The fraction of sp³-hybridized carbons (Fsp3) is 0.364. The lowest BCUT2D eigenvalue weighted by Crippen LogP contribution is -2.08. The molecule has 0 bridgehead atoms. The van der Waals surface area contributed by atoms with Gasteiger partial charge in [-0.15, -0.1) is 0 Å². The van der Waals surface area contributed by atoms with Gasteiger partial charge in [-0.1, -0.05) is 18.2 Å². The van der Waals surface area contributed by atoms with E-state index in [2.05, 4.69) is 0 Å². The van der Waals surface area contributed by atoms with Crippen molar-refractivity contribution in [1.82, 2.24) is 0 Å². The molecule has 0 radical (unpaired) electrons. The number of rotatable bonds is 3. The molecule has 0 aliphatic heterocycles. The molecule has 0 aliphatic rings. The first-order chi connectivity index (χ1) is 6.95. The van der Waals surface area contributed by atoms with Crippen LogP contribution in [0.1, 0.15) is 37.1 Å². The van der Waals surface area contributed by atoms with Gasteiger partial charge in [-0.2, -0.15) is 0 Å². The molecule has 2 atom stereocenters. The van der Waals surface area contributed by atoms with Crippen molar-refractivity contribution in [3.8, 4) is 5.75 Å². The molecule has 4 heteroatoms. The summed E-state index contributed by atoms with van der Waals surface area (Å²) in [5, 5.41) is 18.5. The first-order valence-electron chi connectivity index (χ1n) is 4.63. The second-order valence-electron chi connectivity index (χ2n) is 3.46. The molecule has 0 saturated heterocycles. The molecule has 0 heterocycles. The number of phenolic OH excluding ortho intramolecular Hbond substituents is 1. The summed E-state index contributed by atoms with van der Waals surface area (Å²) in [5.74, 6) is -2.15. The van der Waals surface area contributed by atoms with E-state index in [1.165, 1.54) is 26.0 Å². The van der Waals surface area contributed by atoms with Crippen molar-refractivity contribution in [3.63, 3.8) is 0 Å². The van der Waals surface area contributed by atoms with Crippen LogP contribution in [0, 0.1) is 0 Å². The molecule has 2 unspecified atom stereocenters. The van der Waals surface area contributed by atoms with Gasteiger partial charge in [0.15, 0.2) is 0 Å². The lowest BCUT2D eigenvalue weighted by Gasteiger charge is -2.13. The Labute approximate surface area is 87.2 Å². The molecule has 0 saturated carbocycles. The van der Waals surface area contributed by atoms with E-state index in [9.17, 15) is 14.3 Å². The van der Waals surface area contributed by atoms with Crippen LogP contribution in [0.4, 0.5) is 4.39 Å². The quantitative estimate of drug-likeness (QED) is 0.809. The molecule has 2 N–H and O–H groups in total. The summed E-state index contributed by atoms with van der Waals surface area (Å²) in [5.41, 5.74) is 0.366. The number of hydrogen-bond donors (Lipinski definition) is 2. The molecular formula is C11H13FO3. The Hall–Kier alpha value is -1.58. The fourth-order valence-electron chi connectivity index (χ4n) is 1.38. The van der Waals surface area contributed by atoms with E-state index in [4.69, 9.17) is 5.11 Å². The van der Waals surface area contributed by atoms with Crippen molar-refractivity contribution in [1.29, 1.82) is 0 Å². The van der Waals surface area contributed by atoms with E-state index in [0.717, 1.165) is 0 Å². The fourth-order valence-corrected chi connectivity index (χ4v) is 1.38. The topological polar surface area (TPSA) is 57.5 Å². The summed E-state index contributed by atoms with van der Waals surface area (Å²) in [6.07, 6.45) is -1.31. The number of aromatic hydroxyl groups is 1. The number of carboxylic acid groups (broad SMARTS) is 1. The lowest BCUT2D eigenvalue weighted by molar-refractivity contribution is -0.138. The minimum atomic E-state index is -1.31. The zero-order valence-corrected chi connectivity index (χ0v) is 8.57. The van der Waals surface area contributed by atoms with E-state index >= 15 is 0 Å². The van der Waals surface area contributed by atoms with Gasteiger partial charge < -0.3 is 10.2 Å². The average molecular weight is 212 g/mol. The smallest absolute Gasteiger partial charge is 0.310 e. The van der Waals surface area contributed by atoms with E-state index in [1.807, 2.05) is 0 Å². The molecule has 0 aromatic heterocycles. The average Bonchev–Trinajstić information content (AvgIpc) is 2.16. The van der Waals surface area contributed by atoms with E-state index in [1.54, 1.807) is 6.07 Å². The Morgan fingerprint density at radius 3 is 2.33 bits per heavy atom. The summed E-state index contributed by atoms with van der Waals surface area (Å²) in [6, 6.07) is 4.47. The Balaban J connectivity index is 3.21. The highest BCUT2D eigenvalue weighted by Crippen LogP contribution is 2.33. The second-order valence-corrected chi connectivity index (χ2v) is 3.46. The predicted octanol–water partition coefficient (Wildman–Crippen LogP) is 2.61. The number of phenols is 1. The van der Waals surface area contributed by atoms with E-state index < -0.39 is 18.1 Å². The molecule has 0 fully saturated rings. The lowest BCUT2D eigenvalue weighted by atomic mass is 9.96. The van der Waals surface area contributed by atoms with Gasteiger partial charge in [0.05, 0.1) is 5.92 Å². The summed E-state index contributed by atoms with van der Waals surface area (Å²) >= 11 is 0. The molecule has 0 amide bonds. The van der Waals surface area contributed by atoms with Gasteiger partial charge >= 0.3 is 5.97 Å². The molecule has 1 aromatic carbocycles. The zero-order chi connectivity index (χ0) is 11.6. The van der Waals surface area contributed by atoms with Gasteiger partial charge in [-0.3, -0.25) is 4.79 Å². The SMILES string of the molecule is CC(F)c1cccc(C(C)C(=O)O)c1O. The van der Waals surface area contributed by atoms with Gasteiger partial charge in [-0.05, 0) is 13.8 Å².